The fourth-order valence-corrected chi connectivity index (χ4v) is 2.43. The molecule has 0 bridgehead atoms. The van der Waals surface area contributed by atoms with Gasteiger partial charge < -0.3 is 9.30 Å². The number of carbonyl (C=O) groups is 1. The molecule has 0 fully saturated rings. The molecule has 5 nitrogen and oxygen atoms in total. The number of hydrogen-bond donors (Lipinski definition) is 0. The largest absolute Gasteiger partial charge is 0.465 e. The lowest BCUT2D eigenvalue weighted by Gasteiger charge is -2.19. The molecule has 20 heavy (non-hydrogen) atoms. The quantitative estimate of drug-likeness (QED) is 0.787. The SMILES string of the molecule is CCOC(=O)C(c1nc2cccnc2n1CC)C(C)C. The van der Waals surface area contributed by atoms with Crippen LogP contribution in [-0.4, -0.2) is 27.1 Å². The van der Waals surface area contributed by atoms with Crippen molar-refractivity contribution in [1.82, 2.24) is 14.5 Å². The van der Waals surface area contributed by atoms with Gasteiger partial charge in [-0.25, -0.2) is 9.97 Å². The second-order valence-electron chi connectivity index (χ2n) is 5.03. The molecule has 0 aliphatic carbocycles. The van der Waals surface area contributed by atoms with E-state index in [4.69, 9.17) is 4.74 Å². The number of fused-ring (bicyclic) bond motifs is 1. The Kier molecular flexibility index (Phi) is 4.37. The van der Waals surface area contributed by atoms with Gasteiger partial charge in [-0.1, -0.05) is 13.8 Å². The van der Waals surface area contributed by atoms with Gasteiger partial charge in [-0.15, -0.1) is 0 Å². The fourth-order valence-electron chi connectivity index (χ4n) is 2.43. The maximum absolute atomic E-state index is 12.2. The van der Waals surface area contributed by atoms with Crippen LogP contribution in [0.1, 0.15) is 39.4 Å². The van der Waals surface area contributed by atoms with E-state index in [2.05, 4.69) is 9.97 Å². The van der Waals surface area contributed by atoms with Crippen LogP contribution in [0.4, 0.5) is 0 Å². The Morgan fingerprint density at radius 1 is 1.40 bits per heavy atom. The van der Waals surface area contributed by atoms with Gasteiger partial charge in [0.25, 0.3) is 0 Å². The molecule has 0 radical (unpaired) electrons. The minimum absolute atomic E-state index is 0.121. The van der Waals surface area contributed by atoms with Crippen molar-refractivity contribution >= 4 is 17.1 Å². The maximum Gasteiger partial charge on any atom is 0.316 e. The van der Waals surface area contributed by atoms with Crippen LogP contribution in [0.25, 0.3) is 11.2 Å². The summed E-state index contributed by atoms with van der Waals surface area (Å²) in [5.41, 5.74) is 1.64. The van der Waals surface area contributed by atoms with E-state index in [1.165, 1.54) is 0 Å². The van der Waals surface area contributed by atoms with Crippen molar-refractivity contribution in [3.8, 4) is 0 Å². The first-order valence-electron chi connectivity index (χ1n) is 7.07. The highest BCUT2D eigenvalue weighted by Crippen LogP contribution is 2.28. The second-order valence-corrected chi connectivity index (χ2v) is 5.03. The minimum Gasteiger partial charge on any atom is -0.465 e. The van der Waals surface area contributed by atoms with Gasteiger partial charge in [-0.05, 0) is 31.9 Å². The fraction of sp³-hybridized carbons (Fsp3) is 0.533. The third kappa shape index (κ3) is 2.53. The molecular weight excluding hydrogens is 254 g/mol. The van der Waals surface area contributed by atoms with Gasteiger partial charge in [0.05, 0.1) is 6.61 Å². The molecule has 0 saturated heterocycles. The first-order valence-corrected chi connectivity index (χ1v) is 7.07. The Bertz CT molecular complexity index is 604. The third-order valence-electron chi connectivity index (χ3n) is 3.33. The molecular formula is C15H21N3O2. The normalized spacial score (nSPS) is 12.8. The number of imidazole rings is 1. The van der Waals surface area contributed by atoms with E-state index in [-0.39, 0.29) is 17.8 Å². The smallest absolute Gasteiger partial charge is 0.316 e. The van der Waals surface area contributed by atoms with E-state index in [1.54, 1.807) is 6.20 Å². The Morgan fingerprint density at radius 2 is 2.15 bits per heavy atom. The molecule has 2 aromatic rings. The molecule has 0 spiro atoms. The summed E-state index contributed by atoms with van der Waals surface area (Å²) < 4.78 is 7.20. The van der Waals surface area contributed by atoms with E-state index in [1.807, 2.05) is 44.4 Å². The van der Waals surface area contributed by atoms with Crippen molar-refractivity contribution in [2.24, 2.45) is 5.92 Å². The number of nitrogens with zero attached hydrogens (tertiary/aromatic N) is 3. The van der Waals surface area contributed by atoms with Gasteiger partial charge in [-0.2, -0.15) is 0 Å². The molecule has 2 aromatic heterocycles. The lowest BCUT2D eigenvalue weighted by Crippen LogP contribution is -2.24. The standard InChI is InChI=1S/C15H21N3O2/c1-5-18-13-11(8-7-9-16-13)17-14(18)12(10(3)4)15(19)20-6-2/h7-10,12H,5-6H2,1-4H3. The first kappa shape index (κ1) is 14.5. The number of hydrogen-bond acceptors (Lipinski definition) is 4. The highest BCUT2D eigenvalue weighted by atomic mass is 16.5. The number of carbonyl (C=O) groups excluding carboxylic acids is 1. The summed E-state index contributed by atoms with van der Waals surface area (Å²) in [5, 5.41) is 0. The zero-order chi connectivity index (χ0) is 14.7. The summed E-state index contributed by atoms with van der Waals surface area (Å²) in [6.45, 7) is 8.97. The van der Waals surface area contributed by atoms with Crippen LogP contribution in [0.15, 0.2) is 18.3 Å². The Labute approximate surface area is 119 Å². The van der Waals surface area contributed by atoms with Crippen LogP contribution < -0.4 is 0 Å². The predicted octanol–water partition coefficient (Wildman–Crippen LogP) is 2.75. The van der Waals surface area contributed by atoms with Crippen molar-refractivity contribution < 1.29 is 9.53 Å². The molecule has 2 heterocycles. The van der Waals surface area contributed by atoms with Gasteiger partial charge in [0.1, 0.15) is 17.3 Å². The van der Waals surface area contributed by atoms with Crippen LogP contribution in [0.3, 0.4) is 0 Å². The highest BCUT2D eigenvalue weighted by Gasteiger charge is 2.30. The highest BCUT2D eigenvalue weighted by molar-refractivity contribution is 5.80. The number of pyridine rings is 1. The summed E-state index contributed by atoms with van der Waals surface area (Å²) in [6.07, 6.45) is 1.74. The third-order valence-corrected chi connectivity index (χ3v) is 3.33. The van der Waals surface area contributed by atoms with Gasteiger partial charge >= 0.3 is 5.97 Å². The summed E-state index contributed by atoms with van der Waals surface area (Å²) in [5.74, 6) is 0.294. The first-order chi connectivity index (χ1) is 9.60. The van der Waals surface area contributed by atoms with Crippen LogP contribution >= 0.6 is 0 Å². The number of esters is 1. The Hall–Kier alpha value is -1.91. The second kappa shape index (κ2) is 6.03. The van der Waals surface area contributed by atoms with E-state index >= 15 is 0 Å². The molecule has 5 heteroatoms. The van der Waals surface area contributed by atoms with Crippen LogP contribution in [0.2, 0.25) is 0 Å². The van der Waals surface area contributed by atoms with Gasteiger partial charge in [0.2, 0.25) is 0 Å². The summed E-state index contributed by atoms with van der Waals surface area (Å²) in [4.78, 5) is 21.2. The number of ether oxygens (including phenoxy) is 1. The monoisotopic (exact) mass is 275 g/mol. The Balaban J connectivity index is 2.55. The number of aromatic nitrogens is 3. The van der Waals surface area contributed by atoms with Crippen molar-refractivity contribution in [1.29, 1.82) is 0 Å². The van der Waals surface area contributed by atoms with Crippen molar-refractivity contribution in [2.75, 3.05) is 6.61 Å². The van der Waals surface area contributed by atoms with E-state index in [0.29, 0.717) is 6.61 Å². The predicted molar refractivity (Wildman–Crippen MR) is 77.4 cm³/mol. The average Bonchev–Trinajstić information content (AvgIpc) is 2.76. The summed E-state index contributed by atoms with van der Waals surface area (Å²) in [6, 6.07) is 3.77. The van der Waals surface area contributed by atoms with Gasteiger partial charge in [0.15, 0.2) is 5.65 Å². The lowest BCUT2D eigenvalue weighted by atomic mass is 9.95. The molecule has 2 rings (SSSR count). The number of rotatable bonds is 5. The zero-order valence-corrected chi connectivity index (χ0v) is 12.5. The van der Waals surface area contributed by atoms with Crippen molar-refractivity contribution in [3.05, 3.63) is 24.2 Å². The van der Waals surface area contributed by atoms with E-state index in [0.717, 1.165) is 23.5 Å². The minimum atomic E-state index is -0.357. The van der Waals surface area contributed by atoms with E-state index in [9.17, 15) is 4.79 Å². The molecule has 0 N–H and O–H groups in total. The molecule has 0 aliphatic rings. The topological polar surface area (TPSA) is 57.0 Å². The van der Waals surface area contributed by atoms with Crippen LogP contribution in [-0.2, 0) is 16.1 Å². The number of aryl methyl sites for hydroxylation is 1. The van der Waals surface area contributed by atoms with Crippen LogP contribution in [0.5, 0.6) is 0 Å². The molecule has 0 amide bonds. The molecule has 0 aromatic carbocycles. The molecule has 0 aliphatic heterocycles. The van der Waals surface area contributed by atoms with Crippen molar-refractivity contribution in [2.45, 2.75) is 40.2 Å². The van der Waals surface area contributed by atoms with Crippen LogP contribution in [0, 0.1) is 5.92 Å². The molecule has 1 atom stereocenters. The summed E-state index contributed by atoms with van der Waals surface area (Å²) in [7, 11) is 0. The maximum atomic E-state index is 12.2. The Morgan fingerprint density at radius 3 is 2.75 bits per heavy atom. The molecule has 0 saturated carbocycles. The lowest BCUT2D eigenvalue weighted by molar-refractivity contribution is -0.146. The van der Waals surface area contributed by atoms with Gasteiger partial charge in [0, 0.05) is 12.7 Å². The van der Waals surface area contributed by atoms with Gasteiger partial charge in [-0.3, -0.25) is 4.79 Å². The average molecular weight is 275 g/mol. The van der Waals surface area contributed by atoms with E-state index < -0.39 is 0 Å². The molecule has 108 valence electrons. The summed E-state index contributed by atoms with van der Waals surface area (Å²) >= 11 is 0. The molecule has 1 unspecified atom stereocenters. The van der Waals surface area contributed by atoms with Crippen molar-refractivity contribution in [3.63, 3.8) is 0 Å². The zero-order valence-electron chi connectivity index (χ0n) is 12.5.